The highest BCUT2D eigenvalue weighted by molar-refractivity contribution is 5.33. The molecule has 0 aromatic carbocycles. The van der Waals surface area contributed by atoms with Gasteiger partial charge in [-0.05, 0) is 64.4 Å². The third kappa shape index (κ3) is 2.13. The van der Waals surface area contributed by atoms with Gasteiger partial charge >= 0.3 is 0 Å². The van der Waals surface area contributed by atoms with Crippen LogP contribution in [0.3, 0.4) is 0 Å². The molecule has 1 saturated carbocycles. The summed E-state index contributed by atoms with van der Waals surface area (Å²) < 4.78 is 11.6. The monoisotopic (exact) mass is 264 g/mol. The molecule has 1 aliphatic heterocycles. The van der Waals surface area contributed by atoms with Crippen LogP contribution in [-0.4, -0.2) is 17.3 Å². The lowest BCUT2D eigenvalue weighted by Gasteiger charge is -2.48. The molecule has 0 radical (unpaired) electrons. The molecule has 106 valence electrons. The van der Waals surface area contributed by atoms with Crippen molar-refractivity contribution in [1.82, 2.24) is 0 Å². The van der Waals surface area contributed by atoms with Gasteiger partial charge in [0, 0.05) is 12.2 Å². The van der Waals surface area contributed by atoms with Crippen LogP contribution in [0.5, 0.6) is 0 Å². The van der Waals surface area contributed by atoms with Crippen molar-refractivity contribution in [3.05, 3.63) is 22.6 Å². The maximum atomic E-state index is 10.8. The minimum Gasteiger partial charge on any atom is -0.466 e. The average molecular weight is 264 g/mol. The first kappa shape index (κ1) is 13.2. The lowest BCUT2D eigenvalue weighted by molar-refractivity contribution is -0.157. The van der Waals surface area contributed by atoms with Crippen molar-refractivity contribution < 1.29 is 14.3 Å². The summed E-state index contributed by atoms with van der Waals surface area (Å²) in [7, 11) is 0. The molecule has 0 amide bonds. The van der Waals surface area contributed by atoms with Gasteiger partial charge in [0.2, 0.25) is 0 Å². The largest absolute Gasteiger partial charge is 0.466 e. The second-order valence-corrected chi connectivity index (χ2v) is 6.34. The number of rotatable bonds is 2. The van der Waals surface area contributed by atoms with Crippen LogP contribution in [0, 0.1) is 26.7 Å². The first-order chi connectivity index (χ1) is 9.02. The Hall–Kier alpha value is -0.800. The van der Waals surface area contributed by atoms with E-state index in [4.69, 9.17) is 9.15 Å². The van der Waals surface area contributed by atoms with Crippen molar-refractivity contribution >= 4 is 0 Å². The summed E-state index contributed by atoms with van der Waals surface area (Å²) in [6, 6.07) is 0. The van der Waals surface area contributed by atoms with E-state index in [9.17, 15) is 5.11 Å². The lowest BCUT2D eigenvalue weighted by atomic mass is 9.70. The quantitative estimate of drug-likeness (QED) is 0.887. The number of ether oxygens (including phenoxy) is 1. The van der Waals surface area contributed by atoms with Crippen molar-refractivity contribution in [1.29, 1.82) is 0 Å². The zero-order chi connectivity index (χ0) is 13.6. The summed E-state index contributed by atoms with van der Waals surface area (Å²) in [6.45, 7) is 6.76. The van der Waals surface area contributed by atoms with Gasteiger partial charge in [-0.15, -0.1) is 0 Å². The fourth-order valence-electron chi connectivity index (χ4n) is 3.74. The van der Waals surface area contributed by atoms with Crippen molar-refractivity contribution in [3.63, 3.8) is 0 Å². The number of aryl methyl sites for hydroxylation is 2. The van der Waals surface area contributed by atoms with Gasteiger partial charge in [0.15, 0.2) is 0 Å². The summed E-state index contributed by atoms with van der Waals surface area (Å²) >= 11 is 0. The predicted octanol–water partition coefficient (Wildman–Crippen LogP) is 3.59. The Morgan fingerprint density at radius 3 is 2.47 bits per heavy atom. The molecule has 2 aliphatic rings. The molecule has 1 saturated heterocycles. The Morgan fingerprint density at radius 2 is 1.95 bits per heavy atom. The highest BCUT2D eigenvalue weighted by Gasteiger charge is 2.44. The molecule has 1 aliphatic carbocycles. The predicted molar refractivity (Wildman–Crippen MR) is 73.1 cm³/mol. The van der Waals surface area contributed by atoms with E-state index in [2.05, 4.69) is 0 Å². The van der Waals surface area contributed by atoms with Crippen LogP contribution < -0.4 is 0 Å². The molecule has 2 heterocycles. The molecule has 3 heteroatoms. The van der Waals surface area contributed by atoms with Crippen LogP contribution in [-0.2, 0) is 4.74 Å². The van der Waals surface area contributed by atoms with E-state index < -0.39 is 6.10 Å². The first-order valence-electron chi connectivity index (χ1n) is 7.41. The topological polar surface area (TPSA) is 42.6 Å². The smallest absolute Gasteiger partial charge is 0.107 e. The minimum atomic E-state index is -0.404. The second-order valence-electron chi connectivity index (χ2n) is 6.34. The summed E-state index contributed by atoms with van der Waals surface area (Å²) in [5.74, 6) is 2.11. The minimum absolute atomic E-state index is 0.0878. The van der Waals surface area contributed by atoms with Crippen molar-refractivity contribution in [2.45, 2.75) is 64.6 Å². The van der Waals surface area contributed by atoms with Crippen LogP contribution in [0.15, 0.2) is 4.42 Å². The molecule has 2 fully saturated rings. The third-order valence-corrected chi connectivity index (χ3v) is 5.16. The first-order valence-corrected chi connectivity index (χ1v) is 7.41. The highest BCUT2D eigenvalue weighted by atomic mass is 16.5. The van der Waals surface area contributed by atoms with Crippen molar-refractivity contribution in [2.24, 2.45) is 5.92 Å². The molecule has 1 aromatic rings. The normalized spacial score (nSPS) is 27.3. The molecule has 3 rings (SSSR count). The van der Waals surface area contributed by atoms with Gasteiger partial charge in [-0.2, -0.15) is 0 Å². The number of aliphatic hydroxyl groups is 1. The summed E-state index contributed by atoms with van der Waals surface area (Å²) in [4.78, 5) is 0. The Kier molecular flexibility index (Phi) is 3.22. The second kappa shape index (κ2) is 4.64. The van der Waals surface area contributed by atoms with E-state index in [1.54, 1.807) is 0 Å². The Bertz CT molecular complexity index is 471. The van der Waals surface area contributed by atoms with E-state index in [1.165, 1.54) is 19.3 Å². The van der Waals surface area contributed by atoms with E-state index >= 15 is 0 Å². The van der Waals surface area contributed by atoms with Gasteiger partial charge in [-0.3, -0.25) is 0 Å². The molecule has 1 spiro atoms. The van der Waals surface area contributed by atoms with Crippen LogP contribution in [0.2, 0.25) is 0 Å². The van der Waals surface area contributed by atoms with E-state index in [0.29, 0.717) is 5.92 Å². The van der Waals surface area contributed by atoms with E-state index in [0.717, 1.165) is 42.1 Å². The molecule has 3 nitrogen and oxygen atoms in total. The van der Waals surface area contributed by atoms with E-state index in [1.807, 2.05) is 20.8 Å². The summed E-state index contributed by atoms with van der Waals surface area (Å²) in [5.41, 5.74) is 2.21. The molecule has 19 heavy (non-hydrogen) atoms. The molecule has 1 N–H and O–H groups in total. The lowest BCUT2D eigenvalue weighted by Crippen LogP contribution is -2.46. The maximum Gasteiger partial charge on any atom is 0.107 e. The fourth-order valence-corrected chi connectivity index (χ4v) is 3.74. The third-order valence-electron chi connectivity index (χ3n) is 5.16. The van der Waals surface area contributed by atoms with Crippen LogP contribution in [0.4, 0.5) is 0 Å². The molecule has 0 bridgehead atoms. The maximum absolute atomic E-state index is 10.8. The molecule has 2 atom stereocenters. The van der Waals surface area contributed by atoms with Gasteiger partial charge in [0.1, 0.15) is 11.5 Å². The van der Waals surface area contributed by atoms with Crippen LogP contribution >= 0.6 is 0 Å². The average Bonchev–Trinajstić information content (AvgIpc) is 2.61. The van der Waals surface area contributed by atoms with Gasteiger partial charge in [-0.25, -0.2) is 0 Å². The molecule has 1 aromatic heterocycles. The Balaban J connectivity index is 1.81. The zero-order valence-electron chi connectivity index (χ0n) is 12.2. The van der Waals surface area contributed by atoms with Crippen LogP contribution in [0.25, 0.3) is 0 Å². The summed E-state index contributed by atoms with van der Waals surface area (Å²) in [6.07, 6.45) is 5.14. The number of aliphatic hydroxyl groups excluding tert-OH is 1. The molecular formula is C16H24O3. The van der Waals surface area contributed by atoms with Crippen molar-refractivity contribution in [2.75, 3.05) is 6.61 Å². The highest BCUT2D eigenvalue weighted by Crippen LogP contribution is 2.48. The fraction of sp³-hybridized carbons (Fsp3) is 0.750. The van der Waals surface area contributed by atoms with Gasteiger partial charge in [0.25, 0.3) is 0 Å². The van der Waals surface area contributed by atoms with Crippen LogP contribution in [0.1, 0.15) is 60.9 Å². The van der Waals surface area contributed by atoms with Gasteiger partial charge in [0.05, 0.1) is 11.7 Å². The SMILES string of the molecule is Cc1oc(C)c(C(O)C2CCOC3(CCC3)C2)c1C. The number of hydrogen-bond acceptors (Lipinski definition) is 3. The van der Waals surface area contributed by atoms with Crippen molar-refractivity contribution in [3.8, 4) is 0 Å². The van der Waals surface area contributed by atoms with Gasteiger partial charge in [-0.1, -0.05) is 0 Å². The molecular weight excluding hydrogens is 240 g/mol. The number of hydrogen-bond donors (Lipinski definition) is 1. The Morgan fingerprint density at radius 1 is 1.21 bits per heavy atom. The molecule has 2 unspecified atom stereocenters. The standard InChI is InChI=1S/C16H24O3/c1-10-11(2)19-12(3)14(10)15(17)13-5-8-18-16(9-13)6-4-7-16/h13,15,17H,4-9H2,1-3H3. The van der Waals surface area contributed by atoms with E-state index in [-0.39, 0.29) is 5.60 Å². The zero-order valence-corrected chi connectivity index (χ0v) is 12.2. The number of furan rings is 1. The van der Waals surface area contributed by atoms with Gasteiger partial charge < -0.3 is 14.3 Å². The summed E-state index contributed by atoms with van der Waals surface area (Å²) in [5, 5.41) is 10.8. The Labute approximate surface area is 115 Å².